The Hall–Kier alpha value is -3.59. The summed E-state index contributed by atoms with van der Waals surface area (Å²) in [5.74, 6) is -0.626. The molecule has 0 atom stereocenters. The van der Waals surface area contributed by atoms with Crippen LogP contribution in [0, 0.1) is 13.8 Å². The van der Waals surface area contributed by atoms with Crippen LogP contribution in [0.2, 0.25) is 10.0 Å². The number of aromatic nitrogens is 1. The summed E-state index contributed by atoms with van der Waals surface area (Å²) in [6, 6.07) is 23.7. The second kappa shape index (κ2) is 11.2. The van der Waals surface area contributed by atoms with Crippen molar-refractivity contribution in [1.29, 1.82) is 0 Å². The fourth-order valence-corrected chi connectivity index (χ4v) is 5.88. The number of aryl methyl sites for hydroxylation is 1. The van der Waals surface area contributed by atoms with Gasteiger partial charge in [-0.1, -0.05) is 59.6 Å². The van der Waals surface area contributed by atoms with Crippen LogP contribution in [-0.4, -0.2) is 31.7 Å². The van der Waals surface area contributed by atoms with Gasteiger partial charge in [0.1, 0.15) is 6.54 Å². The second-order valence-electron chi connectivity index (χ2n) is 8.21. The Morgan fingerprint density at radius 3 is 2.38 bits per heavy atom. The maximum Gasteiger partial charge on any atom is 0.264 e. The first-order valence-corrected chi connectivity index (χ1v) is 13.5. The van der Waals surface area contributed by atoms with E-state index in [9.17, 15) is 13.2 Å². The molecule has 0 saturated heterocycles. The summed E-state index contributed by atoms with van der Waals surface area (Å²) in [7, 11) is -4.07. The molecule has 190 valence electrons. The number of sulfonamides is 1. The van der Waals surface area contributed by atoms with Gasteiger partial charge in [0.15, 0.2) is 0 Å². The summed E-state index contributed by atoms with van der Waals surface area (Å²) in [6.45, 7) is 3.38. The number of carbonyl (C=O) groups is 1. The van der Waals surface area contributed by atoms with E-state index in [4.69, 9.17) is 23.2 Å². The van der Waals surface area contributed by atoms with E-state index in [1.807, 2.05) is 42.7 Å². The molecule has 7 nitrogen and oxygen atoms in total. The fourth-order valence-electron chi connectivity index (χ4n) is 3.94. The number of hydrogen-bond donors (Lipinski definition) is 1. The van der Waals surface area contributed by atoms with E-state index < -0.39 is 22.5 Å². The summed E-state index contributed by atoms with van der Waals surface area (Å²) < 4.78 is 29.8. The summed E-state index contributed by atoms with van der Waals surface area (Å²) in [4.78, 5) is 12.9. The molecule has 0 bridgehead atoms. The molecule has 3 aromatic carbocycles. The van der Waals surface area contributed by atoms with Gasteiger partial charge >= 0.3 is 0 Å². The first kappa shape index (κ1) is 26.5. The topological polar surface area (TPSA) is 83.8 Å². The molecular formula is C27H24Cl2N4O3S. The molecule has 0 fully saturated rings. The highest BCUT2D eigenvalue weighted by Crippen LogP contribution is 2.30. The van der Waals surface area contributed by atoms with Crippen LogP contribution in [-0.2, 0) is 14.8 Å². The Morgan fingerprint density at radius 2 is 1.68 bits per heavy atom. The third-order valence-electron chi connectivity index (χ3n) is 5.67. The van der Waals surface area contributed by atoms with E-state index in [0.717, 1.165) is 26.9 Å². The van der Waals surface area contributed by atoms with E-state index in [1.54, 1.807) is 48.5 Å². The van der Waals surface area contributed by atoms with Crippen molar-refractivity contribution in [3.8, 4) is 5.69 Å². The maximum atomic E-state index is 13.4. The average Bonchev–Trinajstić information content (AvgIpc) is 3.16. The number of nitrogens with zero attached hydrogens (tertiary/aromatic N) is 3. The summed E-state index contributed by atoms with van der Waals surface area (Å²) in [5.41, 5.74) is 6.19. The van der Waals surface area contributed by atoms with Crippen LogP contribution in [0.5, 0.6) is 0 Å². The van der Waals surface area contributed by atoms with Crippen molar-refractivity contribution in [1.82, 2.24) is 9.99 Å². The van der Waals surface area contributed by atoms with E-state index in [-0.39, 0.29) is 15.6 Å². The van der Waals surface area contributed by atoms with Gasteiger partial charge in [0.05, 0.1) is 21.8 Å². The zero-order valence-electron chi connectivity index (χ0n) is 20.1. The third kappa shape index (κ3) is 5.88. The first-order chi connectivity index (χ1) is 17.7. The Balaban J connectivity index is 1.56. The van der Waals surface area contributed by atoms with Gasteiger partial charge in [-0.25, -0.2) is 13.8 Å². The van der Waals surface area contributed by atoms with Crippen LogP contribution in [0.3, 0.4) is 0 Å². The molecule has 1 aromatic heterocycles. The van der Waals surface area contributed by atoms with Crippen molar-refractivity contribution in [3.05, 3.63) is 112 Å². The van der Waals surface area contributed by atoms with E-state index in [1.165, 1.54) is 18.3 Å². The van der Waals surface area contributed by atoms with Crippen molar-refractivity contribution >= 4 is 51.0 Å². The van der Waals surface area contributed by atoms with E-state index in [0.29, 0.717) is 5.02 Å². The van der Waals surface area contributed by atoms with Gasteiger partial charge in [-0.05, 0) is 62.4 Å². The molecule has 10 heteroatoms. The maximum absolute atomic E-state index is 13.4. The number of benzene rings is 3. The zero-order chi connectivity index (χ0) is 26.6. The lowest BCUT2D eigenvalue weighted by Crippen LogP contribution is -2.39. The van der Waals surface area contributed by atoms with Crippen molar-refractivity contribution in [2.24, 2.45) is 5.10 Å². The molecule has 1 amide bonds. The van der Waals surface area contributed by atoms with Crippen molar-refractivity contribution in [2.75, 3.05) is 10.8 Å². The van der Waals surface area contributed by atoms with Crippen molar-refractivity contribution in [2.45, 2.75) is 18.7 Å². The summed E-state index contributed by atoms with van der Waals surface area (Å²) in [6.07, 6.45) is 1.52. The molecule has 0 radical (unpaired) electrons. The number of carbonyl (C=O) groups excluding carboxylic acids is 1. The first-order valence-electron chi connectivity index (χ1n) is 11.3. The highest BCUT2D eigenvalue weighted by Gasteiger charge is 2.28. The Labute approximate surface area is 226 Å². The second-order valence-corrected chi connectivity index (χ2v) is 10.9. The van der Waals surface area contributed by atoms with E-state index >= 15 is 0 Å². The molecule has 0 aliphatic heterocycles. The van der Waals surface area contributed by atoms with Crippen LogP contribution in [0.25, 0.3) is 5.69 Å². The fraction of sp³-hybridized carbons (Fsp3) is 0.111. The minimum absolute atomic E-state index is 0.0414. The molecule has 1 heterocycles. The quantitative estimate of drug-likeness (QED) is 0.222. The number of hydrazone groups is 1. The molecule has 0 spiro atoms. The van der Waals surface area contributed by atoms with Crippen LogP contribution < -0.4 is 9.73 Å². The minimum atomic E-state index is -4.07. The Morgan fingerprint density at radius 1 is 0.973 bits per heavy atom. The molecule has 0 unspecified atom stereocenters. The van der Waals surface area contributed by atoms with Gasteiger partial charge in [-0.15, -0.1) is 0 Å². The predicted molar refractivity (Wildman–Crippen MR) is 148 cm³/mol. The van der Waals surface area contributed by atoms with E-state index in [2.05, 4.69) is 10.5 Å². The van der Waals surface area contributed by atoms with Crippen molar-refractivity contribution < 1.29 is 13.2 Å². The monoisotopic (exact) mass is 554 g/mol. The van der Waals surface area contributed by atoms with Gasteiger partial charge in [0.25, 0.3) is 15.9 Å². The molecule has 0 saturated carbocycles. The molecule has 0 aliphatic carbocycles. The van der Waals surface area contributed by atoms with Crippen LogP contribution in [0.4, 0.5) is 5.69 Å². The molecule has 1 N–H and O–H groups in total. The Kier molecular flexibility index (Phi) is 8.02. The third-order valence-corrected chi connectivity index (χ3v) is 8.00. The number of anilines is 1. The van der Waals surface area contributed by atoms with Gasteiger partial charge in [-0.3, -0.25) is 9.10 Å². The number of nitrogens with one attached hydrogen (secondary N) is 1. The smallest absolute Gasteiger partial charge is 0.264 e. The molecule has 4 rings (SSSR count). The molecule has 4 aromatic rings. The van der Waals surface area contributed by atoms with Gasteiger partial charge < -0.3 is 4.57 Å². The van der Waals surface area contributed by atoms with Crippen molar-refractivity contribution in [3.63, 3.8) is 0 Å². The summed E-state index contributed by atoms with van der Waals surface area (Å²) in [5, 5.41) is 4.90. The average molecular weight is 555 g/mol. The number of para-hydroxylation sites is 1. The predicted octanol–water partition coefficient (Wildman–Crippen LogP) is 5.75. The SMILES string of the molecule is Cc1cc(/C=N\NC(=O)CN(c2ccccc2Cl)S(=O)(=O)c2ccccc2)c(C)n1-c1cccc(Cl)c1. The van der Waals surface area contributed by atoms with Gasteiger partial charge in [0, 0.05) is 27.7 Å². The number of amides is 1. The molecule has 37 heavy (non-hydrogen) atoms. The lowest BCUT2D eigenvalue weighted by Gasteiger charge is -2.24. The number of rotatable bonds is 8. The highest BCUT2D eigenvalue weighted by molar-refractivity contribution is 7.92. The normalized spacial score (nSPS) is 11.6. The van der Waals surface area contributed by atoms with Crippen LogP contribution in [0.1, 0.15) is 17.0 Å². The number of hydrogen-bond acceptors (Lipinski definition) is 4. The Bertz CT molecular complexity index is 1570. The number of halogens is 2. The molecular weight excluding hydrogens is 531 g/mol. The van der Waals surface area contributed by atoms with Crippen LogP contribution in [0.15, 0.2) is 94.9 Å². The standard InChI is InChI=1S/C27H24Cl2N4O3S/c1-19-15-21(20(2)33(19)23-10-8-9-22(28)16-23)17-30-31-27(34)18-32(26-14-7-6-13-25(26)29)37(35,36)24-11-4-3-5-12-24/h3-17H,18H2,1-2H3,(H,31,34)/b30-17-. The highest BCUT2D eigenvalue weighted by atomic mass is 35.5. The lowest BCUT2D eigenvalue weighted by molar-refractivity contribution is -0.119. The van der Waals surface area contributed by atoms with Gasteiger partial charge in [0.2, 0.25) is 0 Å². The zero-order valence-corrected chi connectivity index (χ0v) is 22.4. The summed E-state index contributed by atoms with van der Waals surface area (Å²) >= 11 is 12.4. The minimum Gasteiger partial charge on any atom is -0.318 e. The lowest BCUT2D eigenvalue weighted by atomic mass is 10.2. The van der Waals surface area contributed by atoms with Gasteiger partial charge in [-0.2, -0.15) is 5.10 Å². The largest absolute Gasteiger partial charge is 0.318 e. The van der Waals surface area contributed by atoms with Crippen LogP contribution >= 0.6 is 23.2 Å². The molecule has 0 aliphatic rings.